The number of benzene rings is 1. The number of ether oxygens (including phenoxy) is 1. The molecule has 1 aromatic rings. The van der Waals surface area contributed by atoms with E-state index < -0.39 is 0 Å². The van der Waals surface area contributed by atoms with Crippen LogP contribution in [0.25, 0.3) is 0 Å². The normalized spacial score (nSPS) is 22.5. The lowest BCUT2D eigenvalue weighted by Gasteiger charge is -2.25. The van der Waals surface area contributed by atoms with Gasteiger partial charge in [-0.3, -0.25) is 4.79 Å². The van der Waals surface area contributed by atoms with Gasteiger partial charge in [-0.2, -0.15) is 0 Å². The number of methoxy groups -OCH3 is 1. The molecule has 19 heavy (non-hydrogen) atoms. The number of ketones is 1. The van der Waals surface area contributed by atoms with Crippen molar-refractivity contribution in [3.8, 4) is 5.75 Å². The van der Waals surface area contributed by atoms with Gasteiger partial charge in [0.05, 0.1) is 7.11 Å². The molecule has 3 nitrogen and oxygen atoms in total. The van der Waals surface area contributed by atoms with E-state index in [-0.39, 0.29) is 5.41 Å². The predicted octanol–water partition coefficient (Wildman–Crippen LogP) is 2.50. The minimum atomic E-state index is -0.172. The van der Waals surface area contributed by atoms with Crippen LogP contribution in [0.1, 0.15) is 30.9 Å². The van der Waals surface area contributed by atoms with Crippen molar-refractivity contribution in [2.24, 2.45) is 5.41 Å². The topological polar surface area (TPSA) is 38.3 Å². The van der Waals surface area contributed by atoms with Crippen molar-refractivity contribution in [3.63, 3.8) is 0 Å². The maximum Gasteiger partial charge on any atom is 0.144 e. The molecule has 0 bridgehead atoms. The van der Waals surface area contributed by atoms with E-state index in [4.69, 9.17) is 4.74 Å². The highest BCUT2D eigenvalue weighted by Crippen LogP contribution is 2.33. The third kappa shape index (κ3) is 2.81. The van der Waals surface area contributed by atoms with E-state index in [1.54, 1.807) is 7.11 Å². The second-order valence-electron chi connectivity index (χ2n) is 5.48. The molecular weight excluding hydrogens is 238 g/mol. The lowest BCUT2D eigenvalue weighted by molar-refractivity contribution is -0.127. The fourth-order valence-electron chi connectivity index (χ4n) is 2.89. The van der Waals surface area contributed by atoms with Crippen molar-refractivity contribution < 1.29 is 9.53 Å². The van der Waals surface area contributed by atoms with Crippen LogP contribution in [0.2, 0.25) is 0 Å². The number of hydrogen-bond donors (Lipinski definition) is 1. The quantitative estimate of drug-likeness (QED) is 0.885. The second-order valence-corrected chi connectivity index (χ2v) is 5.48. The molecule has 1 atom stereocenters. The number of hydrogen-bond acceptors (Lipinski definition) is 3. The molecule has 1 aliphatic rings. The van der Waals surface area contributed by atoms with Gasteiger partial charge in [-0.05, 0) is 32.4 Å². The molecule has 0 aromatic heterocycles. The number of rotatable bonds is 5. The average molecular weight is 261 g/mol. The molecule has 3 heteroatoms. The molecule has 0 radical (unpaired) electrons. The maximum atomic E-state index is 12.7. The molecule has 1 fully saturated rings. The average Bonchev–Trinajstić information content (AvgIpc) is 2.89. The van der Waals surface area contributed by atoms with Gasteiger partial charge in [-0.25, -0.2) is 0 Å². The van der Waals surface area contributed by atoms with Crippen molar-refractivity contribution >= 4 is 5.78 Å². The number of carbonyl (C=O) groups excluding carboxylic acids is 1. The van der Waals surface area contributed by atoms with E-state index in [0.29, 0.717) is 12.2 Å². The first-order valence-electron chi connectivity index (χ1n) is 6.99. The van der Waals surface area contributed by atoms with Crippen LogP contribution in [0.15, 0.2) is 18.2 Å². The molecule has 0 aliphatic carbocycles. The molecule has 1 heterocycles. The van der Waals surface area contributed by atoms with Gasteiger partial charge >= 0.3 is 0 Å². The Bertz CT molecular complexity index is 462. The van der Waals surface area contributed by atoms with Crippen molar-refractivity contribution in [3.05, 3.63) is 29.3 Å². The molecule has 0 amide bonds. The predicted molar refractivity (Wildman–Crippen MR) is 76.7 cm³/mol. The Labute approximate surface area is 115 Å². The molecule has 0 spiro atoms. The van der Waals surface area contributed by atoms with Gasteiger partial charge in [0.2, 0.25) is 0 Å². The Morgan fingerprint density at radius 1 is 1.47 bits per heavy atom. The fraction of sp³-hybridized carbons (Fsp3) is 0.562. The zero-order valence-electron chi connectivity index (χ0n) is 12.1. The summed E-state index contributed by atoms with van der Waals surface area (Å²) in [6.45, 7) is 5.92. The summed E-state index contributed by atoms with van der Waals surface area (Å²) in [6.07, 6.45) is 2.34. The first kappa shape index (κ1) is 14.1. The SMILES string of the molecule is CCC1(C(=O)Cc2cc(C)ccc2OC)CCNC1. The van der Waals surface area contributed by atoms with Crippen LogP contribution in [0.5, 0.6) is 5.75 Å². The van der Waals surface area contributed by atoms with Gasteiger partial charge in [-0.15, -0.1) is 0 Å². The van der Waals surface area contributed by atoms with Gasteiger partial charge < -0.3 is 10.1 Å². The fourth-order valence-corrected chi connectivity index (χ4v) is 2.89. The summed E-state index contributed by atoms with van der Waals surface area (Å²) >= 11 is 0. The number of aryl methyl sites for hydroxylation is 1. The summed E-state index contributed by atoms with van der Waals surface area (Å²) in [5, 5.41) is 3.32. The zero-order valence-corrected chi connectivity index (χ0v) is 12.1. The lowest BCUT2D eigenvalue weighted by Crippen LogP contribution is -2.34. The highest BCUT2D eigenvalue weighted by Gasteiger charge is 2.38. The van der Waals surface area contributed by atoms with Crippen molar-refractivity contribution in [1.82, 2.24) is 5.32 Å². The highest BCUT2D eigenvalue weighted by atomic mass is 16.5. The standard InChI is InChI=1S/C16H23NO2/c1-4-16(7-8-17-11-16)15(18)10-13-9-12(2)5-6-14(13)19-3/h5-6,9,17H,4,7-8,10-11H2,1-3H3. The van der Waals surface area contributed by atoms with Gasteiger partial charge in [0.25, 0.3) is 0 Å². The molecular formula is C16H23NO2. The van der Waals surface area contributed by atoms with Crippen molar-refractivity contribution in [2.75, 3.05) is 20.2 Å². The van der Waals surface area contributed by atoms with Crippen LogP contribution in [0, 0.1) is 12.3 Å². The zero-order chi connectivity index (χ0) is 13.9. The Kier molecular flexibility index (Phi) is 4.25. The molecule has 1 unspecified atom stereocenters. The molecule has 1 N–H and O–H groups in total. The van der Waals surface area contributed by atoms with Gasteiger partial charge in [0.1, 0.15) is 11.5 Å². The van der Waals surface area contributed by atoms with Crippen molar-refractivity contribution in [2.45, 2.75) is 33.1 Å². The third-order valence-corrected chi connectivity index (χ3v) is 4.30. The van der Waals surface area contributed by atoms with E-state index in [1.807, 2.05) is 19.1 Å². The molecule has 1 aromatic carbocycles. The van der Waals surface area contributed by atoms with E-state index >= 15 is 0 Å². The first-order valence-corrected chi connectivity index (χ1v) is 6.99. The lowest BCUT2D eigenvalue weighted by atomic mass is 9.77. The largest absolute Gasteiger partial charge is 0.496 e. The summed E-state index contributed by atoms with van der Waals surface area (Å²) in [5.74, 6) is 1.15. The molecule has 1 saturated heterocycles. The van der Waals surface area contributed by atoms with Crippen LogP contribution < -0.4 is 10.1 Å². The van der Waals surface area contributed by atoms with Gasteiger partial charge in [0.15, 0.2) is 0 Å². The van der Waals surface area contributed by atoms with Crippen molar-refractivity contribution in [1.29, 1.82) is 0 Å². The van der Waals surface area contributed by atoms with E-state index in [9.17, 15) is 4.79 Å². The van der Waals surface area contributed by atoms with Gasteiger partial charge in [0, 0.05) is 23.9 Å². The van der Waals surface area contributed by atoms with Crippen LogP contribution in [0.3, 0.4) is 0 Å². The Hall–Kier alpha value is -1.35. The van der Waals surface area contributed by atoms with Crippen LogP contribution >= 0.6 is 0 Å². The Morgan fingerprint density at radius 2 is 2.26 bits per heavy atom. The second kappa shape index (κ2) is 5.74. The summed E-state index contributed by atoms with van der Waals surface area (Å²) in [7, 11) is 1.66. The molecule has 0 saturated carbocycles. The maximum absolute atomic E-state index is 12.7. The minimum Gasteiger partial charge on any atom is -0.496 e. The summed E-state index contributed by atoms with van der Waals surface area (Å²) in [5.41, 5.74) is 2.00. The van der Waals surface area contributed by atoms with Gasteiger partial charge in [-0.1, -0.05) is 24.6 Å². The molecule has 1 aliphatic heterocycles. The van der Waals surface area contributed by atoms with Crippen LogP contribution in [-0.4, -0.2) is 26.0 Å². The summed E-state index contributed by atoms with van der Waals surface area (Å²) in [6, 6.07) is 6.02. The van der Waals surface area contributed by atoms with Crippen LogP contribution in [-0.2, 0) is 11.2 Å². The summed E-state index contributed by atoms with van der Waals surface area (Å²) in [4.78, 5) is 12.7. The molecule has 2 rings (SSSR count). The van der Waals surface area contributed by atoms with E-state index in [1.165, 1.54) is 5.56 Å². The molecule has 104 valence electrons. The number of Topliss-reactive ketones (excluding diaryl/α,β-unsaturated/α-hetero) is 1. The number of nitrogens with one attached hydrogen (secondary N) is 1. The van der Waals surface area contributed by atoms with Crippen LogP contribution in [0.4, 0.5) is 0 Å². The Balaban J connectivity index is 2.20. The monoisotopic (exact) mass is 261 g/mol. The summed E-state index contributed by atoms with van der Waals surface area (Å²) < 4.78 is 5.36. The minimum absolute atomic E-state index is 0.172. The smallest absolute Gasteiger partial charge is 0.144 e. The number of carbonyl (C=O) groups is 1. The Morgan fingerprint density at radius 3 is 2.84 bits per heavy atom. The van der Waals surface area contributed by atoms with E-state index in [2.05, 4.69) is 18.3 Å². The third-order valence-electron chi connectivity index (χ3n) is 4.30. The first-order chi connectivity index (χ1) is 9.11. The highest BCUT2D eigenvalue weighted by molar-refractivity contribution is 5.88. The van der Waals surface area contributed by atoms with E-state index in [0.717, 1.165) is 37.2 Å².